The lowest BCUT2D eigenvalue weighted by molar-refractivity contribution is -0.116. The molecule has 5 rings (SSSR count). The van der Waals surface area contributed by atoms with Crippen LogP contribution in [0.25, 0.3) is 0 Å². The minimum absolute atomic E-state index is 0.0307. The molecule has 0 radical (unpaired) electrons. The number of amides is 2. The molecule has 10 heteroatoms. The third-order valence-electron chi connectivity index (χ3n) is 5.17. The number of aromatic nitrogens is 1. The number of nitrogens with one attached hydrogen (secondary N) is 2. The molecule has 2 aliphatic heterocycles. The molecule has 0 bridgehead atoms. The van der Waals surface area contributed by atoms with Gasteiger partial charge in [-0.3, -0.25) is 9.59 Å². The zero-order valence-corrected chi connectivity index (χ0v) is 18.6. The number of carbonyl (C=O) groups excluding carboxylic acids is 3. The molecule has 0 saturated heterocycles. The van der Waals surface area contributed by atoms with Gasteiger partial charge < -0.3 is 24.8 Å². The minimum atomic E-state index is -0.577. The van der Waals surface area contributed by atoms with Crippen LogP contribution in [-0.4, -0.2) is 35.3 Å². The summed E-state index contributed by atoms with van der Waals surface area (Å²) in [5, 5.41) is 5.98. The lowest BCUT2D eigenvalue weighted by Gasteiger charge is -2.17. The standard InChI is InChI=1S/C24H19N3O6S/c28-21-8-3-14-10-16(5-6-18(14)27-21)33-24(30)17-2-1-9-25-23(17)34-12-22(29)26-15-4-7-19-20(11-15)32-13-31-19/h1-2,4-7,9-11H,3,8,12-13H2,(H,26,29)(H,27,28). The van der Waals surface area contributed by atoms with Gasteiger partial charge in [0.2, 0.25) is 18.6 Å². The Balaban J connectivity index is 1.22. The number of hydrogen-bond acceptors (Lipinski definition) is 8. The quantitative estimate of drug-likeness (QED) is 0.314. The van der Waals surface area contributed by atoms with Gasteiger partial charge in [-0.2, -0.15) is 0 Å². The number of nitrogens with zero attached hydrogens (tertiary/aromatic N) is 1. The van der Waals surface area contributed by atoms with Gasteiger partial charge in [-0.05, 0) is 54.4 Å². The molecule has 0 atom stereocenters. The summed E-state index contributed by atoms with van der Waals surface area (Å²) in [7, 11) is 0. The lowest BCUT2D eigenvalue weighted by atomic mass is 10.0. The molecule has 172 valence electrons. The van der Waals surface area contributed by atoms with E-state index in [-0.39, 0.29) is 29.9 Å². The van der Waals surface area contributed by atoms with Crippen LogP contribution in [0.5, 0.6) is 17.2 Å². The molecule has 0 unspecified atom stereocenters. The molecular formula is C24H19N3O6S. The van der Waals surface area contributed by atoms with E-state index in [1.165, 1.54) is 0 Å². The number of hydrogen-bond donors (Lipinski definition) is 2. The fraction of sp³-hybridized carbons (Fsp3) is 0.167. The first-order chi connectivity index (χ1) is 16.5. The van der Waals surface area contributed by atoms with Gasteiger partial charge in [0.1, 0.15) is 10.8 Å². The van der Waals surface area contributed by atoms with Crippen molar-refractivity contribution in [1.82, 2.24) is 4.98 Å². The van der Waals surface area contributed by atoms with Gasteiger partial charge in [-0.1, -0.05) is 11.8 Å². The van der Waals surface area contributed by atoms with Crippen LogP contribution in [0.2, 0.25) is 0 Å². The Bertz CT molecular complexity index is 1300. The number of benzene rings is 2. The van der Waals surface area contributed by atoms with Crippen molar-refractivity contribution in [3.8, 4) is 17.2 Å². The molecule has 9 nitrogen and oxygen atoms in total. The van der Waals surface area contributed by atoms with E-state index in [1.54, 1.807) is 54.7 Å². The molecule has 2 aromatic carbocycles. The highest BCUT2D eigenvalue weighted by atomic mass is 32.2. The van der Waals surface area contributed by atoms with Crippen molar-refractivity contribution in [3.63, 3.8) is 0 Å². The molecule has 0 spiro atoms. The van der Waals surface area contributed by atoms with Gasteiger partial charge in [0, 0.05) is 30.1 Å². The maximum Gasteiger partial charge on any atom is 0.346 e. The van der Waals surface area contributed by atoms with Gasteiger partial charge in [0.05, 0.1) is 11.3 Å². The van der Waals surface area contributed by atoms with Crippen LogP contribution in [0.3, 0.4) is 0 Å². The van der Waals surface area contributed by atoms with Crippen molar-refractivity contribution in [2.24, 2.45) is 0 Å². The molecule has 0 fully saturated rings. The zero-order chi connectivity index (χ0) is 23.5. The molecule has 3 heterocycles. The Labute approximate surface area is 198 Å². The van der Waals surface area contributed by atoms with E-state index < -0.39 is 5.97 Å². The van der Waals surface area contributed by atoms with E-state index >= 15 is 0 Å². The van der Waals surface area contributed by atoms with E-state index in [1.807, 2.05) is 0 Å². The van der Waals surface area contributed by atoms with Crippen LogP contribution in [0, 0.1) is 0 Å². The smallest absolute Gasteiger partial charge is 0.346 e. The first-order valence-electron chi connectivity index (χ1n) is 10.5. The van der Waals surface area contributed by atoms with Gasteiger partial charge in [-0.25, -0.2) is 9.78 Å². The molecule has 2 aliphatic rings. The molecule has 2 amide bonds. The molecule has 1 aromatic heterocycles. The first-order valence-corrected chi connectivity index (χ1v) is 11.5. The average molecular weight is 477 g/mol. The Morgan fingerprint density at radius 2 is 1.97 bits per heavy atom. The van der Waals surface area contributed by atoms with E-state index in [9.17, 15) is 14.4 Å². The number of thioether (sulfide) groups is 1. The van der Waals surface area contributed by atoms with Crippen molar-refractivity contribution in [2.45, 2.75) is 17.9 Å². The van der Waals surface area contributed by atoms with Crippen LogP contribution in [0.1, 0.15) is 22.3 Å². The Morgan fingerprint density at radius 1 is 1.09 bits per heavy atom. The van der Waals surface area contributed by atoms with E-state index in [0.717, 1.165) is 23.0 Å². The normalized spacial score (nSPS) is 13.6. The van der Waals surface area contributed by atoms with E-state index in [2.05, 4.69) is 15.6 Å². The number of ether oxygens (including phenoxy) is 3. The second-order valence-electron chi connectivity index (χ2n) is 7.52. The Morgan fingerprint density at radius 3 is 2.88 bits per heavy atom. The van der Waals surface area contributed by atoms with Crippen LogP contribution in [0.4, 0.5) is 11.4 Å². The van der Waals surface area contributed by atoms with Gasteiger partial charge >= 0.3 is 5.97 Å². The molecule has 34 heavy (non-hydrogen) atoms. The summed E-state index contributed by atoms with van der Waals surface area (Å²) in [6, 6.07) is 13.5. The Hall–Kier alpha value is -4.05. The SMILES string of the molecule is O=C(CSc1ncccc1C(=O)Oc1ccc2c(c1)CCC(=O)N2)Nc1ccc2c(c1)OCO2. The van der Waals surface area contributed by atoms with Crippen molar-refractivity contribution >= 4 is 40.9 Å². The van der Waals surface area contributed by atoms with Crippen molar-refractivity contribution in [3.05, 3.63) is 65.9 Å². The summed E-state index contributed by atoms with van der Waals surface area (Å²) in [6.45, 7) is 0.156. The minimum Gasteiger partial charge on any atom is -0.454 e. The highest BCUT2D eigenvalue weighted by Gasteiger charge is 2.20. The number of carbonyl (C=O) groups is 3. The molecule has 0 saturated carbocycles. The second kappa shape index (κ2) is 9.44. The predicted molar refractivity (Wildman–Crippen MR) is 125 cm³/mol. The molecular weight excluding hydrogens is 458 g/mol. The molecule has 3 aromatic rings. The summed E-state index contributed by atoms with van der Waals surface area (Å²) in [5.74, 6) is 0.760. The van der Waals surface area contributed by atoms with Crippen molar-refractivity contribution in [2.75, 3.05) is 23.2 Å². The van der Waals surface area contributed by atoms with Crippen LogP contribution in [-0.2, 0) is 16.0 Å². The number of rotatable bonds is 6. The van der Waals surface area contributed by atoms with E-state index in [4.69, 9.17) is 14.2 Å². The van der Waals surface area contributed by atoms with Crippen LogP contribution < -0.4 is 24.8 Å². The first kappa shape index (κ1) is 21.8. The summed E-state index contributed by atoms with van der Waals surface area (Å²) >= 11 is 1.13. The van der Waals surface area contributed by atoms with E-state index in [0.29, 0.717) is 40.8 Å². The lowest BCUT2D eigenvalue weighted by Crippen LogP contribution is -2.19. The fourth-order valence-electron chi connectivity index (χ4n) is 3.55. The third kappa shape index (κ3) is 4.81. The summed E-state index contributed by atoms with van der Waals surface area (Å²) in [5.41, 5.74) is 2.47. The zero-order valence-electron chi connectivity index (χ0n) is 17.8. The largest absolute Gasteiger partial charge is 0.454 e. The highest BCUT2D eigenvalue weighted by Crippen LogP contribution is 2.34. The summed E-state index contributed by atoms with van der Waals surface area (Å²) in [4.78, 5) is 41.0. The number of aryl methyl sites for hydroxylation is 1. The number of pyridine rings is 1. The monoisotopic (exact) mass is 477 g/mol. The summed E-state index contributed by atoms with van der Waals surface area (Å²) in [6.07, 6.45) is 2.53. The van der Waals surface area contributed by atoms with Crippen LogP contribution >= 0.6 is 11.8 Å². The highest BCUT2D eigenvalue weighted by molar-refractivity contribution is 8.00. The van der Waals surface area contributed by atoms with Gasteiger partial charge in [-0.15, -0.1) is 0 Å². The van der Waals surface area contributed by atoms with Gasteiger partial charge in [0.15, 0.2) is 11.5 Å². The van der Waals surface area contributed by atoms with Crippen LogP contribution in [0.15, 0.2) is 59.8 Å². The number of fused-ring (bicyclic) bond motifs is 2. The summed E-state index contributed by atoms with van der Waals surface area (Å²) < 4.78 is 16.1. The number of esters is 1. The fourth-order valence-corrected chi connectivity index (χ4v) is 4.33. The molecule has 0 aliphatic carbocycles. The maximum absolute atomic E-state index is 12.8. The number of anilines is 2. The van der Waals surface area contributed by atoms with Gasteiger partial charge in [0.25, 0.3) is 0 Å². The van der Waals surface area contributed by atoms with Crippen molar-refractivity contribution in [1.29, 1.82) is 0 Å². The van der Waals surface area contributed by atoms with Crippen molar-refractivity contribution < 1.29 is 28.6 Å². The Kier molecular flexibility index (Phi) is 6.05. The average Bonchev–Trinajstić information content (AvgIpc) is 3.31. The third-order valence-corrected chi connectivity index (χ3v) is 6.18. The predicted octanol–water partition coefficient (Wildman–Crippen LogP) is 3.65. The topological polar surface area (TPSA) is 116 Å². The molecule has 2 N–H and O–H groups in total. The second-order valence-corrected chi connectivity index (χ2v) is 8.48. The maximum atomic E-state index is 12.8.